The van der Waals surface area contributed by atoms with E-state index in [1.54, 1.807) is 6.26 Å². The first kappa shape index (κ1) is 11.7. The minimum Gasteiger partial charge on any atom is -0.469 e. The second-order valence-corrected chi connectivity index (χ2v) is 3.85. The van der Waals surface area contributed by atoms with Crippen molar-refractivity contribution < 1.29 is 4.42 Å². The SMILES string of the molecule is C(=Cc1ccccc1)CNCCc1ccco1. The van der Waals surface area contributed by atoms with Crippen LogP contribution in [0.25, 0.3) is 6.08 Å². The Morgan fingerprint density at radius 2 is 1.94 bits per heavy atom. The predicted molar refractivity (Wildman–Crippen MR) is 70.8 cm³/mol. The van der Waals surface area contributed by atoms with Gasteiger partial charge in [-0.15, -0.1) is 0 Å². The van der Waals surface area contributed by atoms with Crippen molar-refractivity contribution in [1.82, 2.24) is 5.32 Å². The summed E-state index contributed by atoms with van der Waals surface area (Å²) in [6.07, 6.45) is 6.91. The summed E-state index contributed by atoms with van der Waals surface area (Å²) in [6.45, 7) is 1.82. The van der Waals surface area contributed by atoms with Gasteiger partial charge in [-0.2, -0.15) is 0 Å². The molecule has 2 nitrogen and oxygen atoms in total. The van der Waals surface area contributed by atoms with E-state index in [-0.39, 0.29) is 0 Å². The molecule has 2 heteroatoms. The van der Waals surface area contributed by atoms with Gasteiger partial charge in [-0.05, 0) is 17.7 Å². The van der Waals surface area contributed by atoms with Gasteiger partial charge in [0.1, 0.15) is 5.76 Å². The van der Waals surface area contributed by atoms with Crippen molar-refractivity contribution in [1.29, 1.82) is 0 Å². The molecule has 88 valence electrons. The van der Waals surface area contributed by atoms with Gasteiger partial charge < -0.3 is 9.73 Å². The molecule has 1 aromatic heterocycles. The van der Waals surface area contributed by atoms with Crippen molar-refractivity contribution in [2.24, 2.45) is 0 Å². The van der Waals surface area contributed by atoms with E-state index in [1.165, 1.54) is 5.56 Å². The molecule has 0 amide bonds. The highest BCUT2D eigenvalue weighted by Crippen LogP contribution is 2.01. The third-order valence-electron chi connectivity index (χ3n) is 2.50. The van der Waals surface area contributed by atoms with Crippen LogP contribution in [-0.4, -0.2) is 13.1 Å². The first-order valence-corrected chi connectivity index (χ1v) is 5.90. The molecule has 17 heavy (non-hydrogen) atoms. The van der Waals surface area contributed by atoms with Crippen molar-refractivity contribution >= 4 is 6.08 Å². The lowest BCUT2D eigenvalue weighted by atomic mass is 10.2. The van der Waals surface area contributed by atoms with Crippen molar-refractivity contribution in [3.63, 3.8) is 0 Å². The number of furan rings is 1. The van der Waals surface area contributed by atoms with E-state index >= 15 is 0 Å². The molecule has 0 radical (unpaired) electrons. The normalized spacial score (nSPS) is 11.1. The fourth-order valence-electron chi connectivity index (χ4n) is 1.61. The van der Waals surface area contributed by atoms with Gasteiger partial charge in [0.25, 0.3) is 0 Å². The zero-order chi connectivity index (χ0) is 11.8. The van der Waals surface area contributed by atoms with E-state index in [2.05, 4.69) is 29.6 Å². The molecule has 0 aliphatic carbocycles. The van der Waals surface area contributed by atoms with Crippen LogP contribution in [0.15, 0.2) is 59.2 Å². The van der Waals surface area contributed by atoms with Crippen LogP contribution >= 0.6 is 0 Å². The first-order chi connectivity index (χ1) is 8.45. The Bertz CT molecular complexity index is 431. The maximum Gasteiger partial charge on any atom is 0.105 e. The Morgan fingerprint density at radius 3 is 2.71 bits per heavy atom. The van der Waals surface area contributed by atoms with Crippen LogP contribution in [0.1, 0.15) is 11.3 Å². The molecule has 1 aromatic carbocycles. The second-order valence-electron chi connectivity index (χ2n) is 3.85. The van der Waals surface area contributed by atoms with Gasteiger partial charge in [-0.3, -0.25) is 0 Å². The third kappa shape index (κ3) is 4.29. The highest BCUT2D eigenvalue weighted by atomic mass is 16.3. The van der Waals surface area contributed by atoms with Crippen LogP contribution < -0.4 is 5.32 Å². The molecule has 2 rings (SSSR count). The van der Waals surface area contributed by atoms with Crippen LogP contribution in [0.3, 0.4) is 0 Å². The highest BCUT2D eigenvalue weighted by molar-refractivity contribution is 5.48. The van der Waals surface area contributed by atoms with Crippen molar-refractivity contribution in [2.45, 2.75) is 6.42 Å². The quantitative estimate of drug-likeness (QED) is 0.767. The molecular weight excluding hydrogens is 210 g/mol. The van der Waals surface area contributed by atoms with Gasteiger partial charge in [0.2, 0.25) is 0 Å². The van der Waals surface area contributed by atoms with Crippen molar-refractivity contribution in [2.75, 3.05) is 13.1 Å². The van der Waals surface area contributed by atoms with Gasteiger partial charge in [0, 0.05) is 19.5 Å². The topological polar surface area (TPSA) is 25.2 Å². The highest BCUT2D eigenvalue weighted by Gasteiger charge is 1.93. The lowest BCUT2D eigenvalue weighted by Gasteiger charge is -1.99. The van der Waals surface area contributed by atoms with E-state index in [0.29, 0.717) is 0 Å². The number of rotatable bonds is 6. The second kappa shape index (κ2) is 6.71. The summed E-state index contributed by atoms with van der Waals surface area (Å²) < 4.78 is 5.25. The van der Waals surface area contributed by atoms with Crippen LogP contribution in [0.5, 0.6) is 0 Å². The van der Waals surface area contributed by atoms with E-state index < -0.39 is 0 Å². The summed E-state index contributed by atoms with van der Waals surface area (Å²) >= 11 is 0. The lowest BCUT2D eigenvalue weighted by Crippen LogP contribution is -2.16. The molecule has 1 heterocycles. The number of hydrogen-bond acceptors (Lipinski definition) is 2. The van der Waals surface area contributed by atoms with Crippen LogP contribution in [0.4, 0.5) is 0 Å². The van der Waals surface area contributed by atoms with E-state index in [9.17, 15) is 0 Å². The Morgan fingerprint density at radius 1 is 1.06 bits per heavy atom. The Kier molecular flexibility index (Phi) is 4.61. The van der Waals surface area contributed by atoms with Gasteiger partial charge in [-0.25, -0.2) is 0 Å². The molecule has 1 N–H and O–H groups in total. The van der Waals surface area contributed by atoms with Crippen LogP contribution in [0.2, 0.25) is 0 Å². The average Bonchev–Trinajstić information content (AvgIpc) is 2.88. The fourth-order valence-corrected chi connectivity index (χ4v) is 1.61. The van der Waals surface area contributed by atoms with E-state index in [0.717, 1.165) is 25.3 Å². The summed E-state index contributed by atoms with van der Waals surface area (Å²) in [5.41, 5.74) is 1.24. The molecule has 0 aliphatic heterocycles. The maximum atomic E-state index is 5.25. The maximum absolute atomic E-state index is 5.25. The number of benzene rings is 1. The van der Waals surface area contributed by atoms with Gasteiger partial charge in [-0.1, -0.05) is 42.5 Å². The molecule has 0 spiro atoms. The molecular formula is C15H17NO. The number of nitrogens with one attached hydrogen (secondary N) is 1. The minimum absolute atomic E-state index is 0.885. The van der Waals surface area contributed by atoms with E-state index in [1.807, 2.05) is 30.3 Å². The Labute approximate surface area is 102 Å². The molecule has 0 aliphatic rings. The largest absolute Gasteiger partial charge is 0.469 e. The summed E-state index contributed by atoms with van der Waals surface area (Å²) in [7, 11) is 0. The third-order valence-corrected chi connectivity index (χ3v) is 2.50. The standard InChI is InChI=1S/C15H17NO/c1-2-6-14(7-3-1)8-4-11-16-12-10-15-9-5-13-17-15/h1-9,13,16H,10-12H2. The minimum atomic E-state index is 0.885. The van der Waals surface area contributed by atoms with Crippen LogP contribution in [0, 0.1) is 0 Å². The van der Waals surface area contributed by atoms with Gasteiger partial charge >= 0.3 is 0 Å². The molecule has 0 saturated heterocycles. The van der Waals surface area contributed by atoms with Gasteiger partial charge in [0.15, 0.2) is 0 Å². The lowest BCUT2D eigenvalue weighted by molar-refractivity contribution is 0.502. The fraction of sp³-hybridized carbons (Fsp3) is 0.200. The van der Waals surface area contributed by atoms with Crippen molar-refractivity contribution in [3.8, 4) is 0 Å². The Balaban J connectivity index is 1.62. The molecule has 0 unspecified atom stereocenters. The predicted octanol–water partition coefficient (Wildman–Crippen LogP) is 3.13. The van der Waals surface area contributed by atoms with Crippen LogP contribution in [-0.2, 0) is 6.42 Å². The smallest absolute Gasteiger partial charge is 0.105 e. The zero-order valence-corrected chi connectivity index (χ0v) is 9.80. The van der Waals surface area contributed by atoms with Crippen molar-refractivity contribution in [3.05, 3.63) is 66.1 Å². The monoisotopic (exact) mass is 227 g/mol. The zero-order valence-electron chi connectivity index (χ0n) is 9.80. The summed E-state index contributed by atoms with van der Waals surface area (Å²) in [4.78, 5) is 0. The van der Waals surface area contributed by atoms with E-state index in [4.69, 9.17) is 4.42 Å². The Hall–Kier alpha value is -1.80. The summed E-state index contributed by atoms with van der Waals surface area (Å²) in [5.74, 6) is 1.03. The van der Waals surface area contributed by atoms with Gasteiger partial charge in [0.05, 0.1) is 6.26 Å². The molecule has 0 fully saturated rings. The molecule has 0 atom stereocenters. The molecule has 0 saturated carbocycles. The average molecular weight is 227 g/mol. The number of hydrogen-bond donors (Lipinski definition) is 1. The summed E-state index contributed by atoms with van der Waals surface area (Å²) in [6, 6.07) is 14.2. The molecule has 0 bridgehead atoms. The first-order valence-electron chi connectivity index (χ1n) is 5.90. The summed E-state index contributed by atoms with van der Waals surface area (Å²) in [5, 5.41) is 3.35. The molecule has 2 aromatic rings.